The van der Waals surface area contributed by atoms with E-state index in [-0.39, 0.29) is 18.6 Å². The molecule has 0 unspecified atom stereocenters. The van der Waals surface area contributed by atoms with Gasteiger partial charge in [0.15, 0.2) is 0 Å². The third-order valence-electron chi connectivity index (χ3n) is 4.26. The molecule has 0 aromatic rings. The first-order chi connectivity index (χ1) is 10.3. The Morgan fingerprint density at radius 1 is 1.17 bits per heavy atom. The monoisotopic (exact) mass is 336 g/mol. The molecule has 1 aliphatic heterocycles. The van der Waals surface area contributed by atoms with Crippen molar-refractivity contribution >= 4 is 13.1 Å². The van der Waals surface area contributed by atoms with Crippen molar-refractivity contribution in [2.24, 2.45) is 0 Å². The largest absolute Gasteiger partial charge is 0.525 e. The van der Waals surface area contributed by atoms with E-state index in [1.807, 2.05) is 0 Å². The van der Waals surface area contributed by atoms with E-state index in [2.05, 4.69) is 4.74 Å². The van der Waals surface area contributed by atoms with Crippen molar-refractivity contribution in [1.82, 2.24) is 0 Å². The summed E-state index contributed by atoms with van der Waals surface area (Å²) in [7, 11) is -1.23. The molecule has 0 radical (unpaired) electrons. The van der Waals surface area contributed by atoms with Crippen LogP contribution in [0.1, 0.15) is 54.4 Å². The zero-order valence-electron chi connectivity index (χ0n) is 14.5. The molecule has 0 N–H and O–H groups in total. The lowest BCUT2D eigenvalue weighted by Crippen LogP contribution is -2.41. The van der Waals surface area contributed by atoms with Crippen molar-refractivity contribution in [2.75, 3.05) is 6.61 Å². The highest BCUT2D eigenvalue weighted by Gasteiger charge is 2.53. The molecule has 1 rings (SSSR count). The fourth-order valence-corrected chi connectivity index (χ4v) is 1.95. The summed E-state index contributed by atoms with van der Waals surface area (Å²) in [6.07, 6.45) is -1.13. The van der Waals surface area contributed by atoms with E-state index in [9.17, 15) is 18.0 Å². The fraction of sp³-hybridized carbons (Fsp3) is 0.800. The highest BCUT2D eigenvalue weighted by atomic mass is 19.3. The minimum absolute atomic E-state index is 0.0625. The van der Waals surface area contributed by atoms with Crippen LogP contribution in [-0.4, -0.2) is 36.8 Å². The van der Waals surface area contributed by atoms with Crippen LogP contribution in [0.2, 0.25) is 0 Å². The van der Waals surface area contributed by atoms with Crippen molar-refractivity contribution in [3.8, 4) is 0 Å². The number of ether oxygens (including phenoxy) is 1. The Labute approximate surface area is 135 Å². The van der Waals surface area contributed by atoms with E-state index >= 15 is 0 Å². The average Bonchev–Trinajstić information content (AvgIpc) is 2.64. The van der Waals surface area contributed by atoms with Crippen molar-refractivity contribution < 1.29 is 32.0 Å². The summed E-state index contributed by atoms with van der Waals surface area (Å²) in [6, 6.07) is 0. The molecule has 0 amide bonds. The van der Waals surface area contributed by atoms with Crippen molar-refractivity contribution in [1.29, 1.82) is 0 Å². The van der Waals surface area contributed by atoms with Gasteiger partial charge >= 0.3 is 19.0 Å². The van der Waals surface area contributed by atoms with Gasteiger partial charge in [-0.25, -0.2) is 9.18 Å². The lowest BCUT2D eigenvalue weighted by Gasteiger charge is -2.32. The number of rotatable bonds is 6. The Kier molecular flexibility index (Phi) is 5.96. The van der Waals surface area contributed by atoms with Gasteiger partial charge in [0.25, 0.3) is 0 Å². The second-order valence-corrected chi connectivity index (χ2v) is 6.64. The van der Waals surface area contributed by atoms with Gasteiger partial charge in [-0.3, -0.25) is 0 Å². The van der Waals surface area contributed by atoms with Crippen molar-refractivity contribution in [3.05, 3.63) is 11.3 Å². The summed E-state index contributed by atoms with van der Waals surface area (Å²) in [6.45, 7) is 9.76. The van der Waals surface area contributed by atoms with Gasteiger partial charge in [0.2, 0.25) is 0 Å². The lowest BCUT2D eigenvalue weighted by atomic mass is 9.84. The summed E-state index contributed by atoms with van der Waals surface area (Å²) < 4.78 is 56.9. The maximum Gasteiger partial charge on any atom is 0.525 e. The third kappa shape index (κ3) is 4.50. The van der Waals surface area contributed by atoms with Crippen LogP contribution in [0.3, 0.4) is 0 Å². The Hall–Kier alpha value is -1.02. The SMILES string of the molecule is CCOC(=O)C(F)(F)CCC(C)=C(F)B1OC(C)(C)C(C)(C)O1. The second kappa shape index (κ2) is 6.85. The van der Waals surface area contributed by atoms with Gasteiger partial charge < -0.3 is 14.0 Å². The molecule has 132 valence electrons. The molecule has 0 aromatic heterocycles. The molecule has 0 aromatic carbocycles. The number of esters is 1. The summed E-state index contributed by atoms with van der Waals surface area (Å²) in [5.74, 6) is -5.24. The molecule has 4 nitrogen and oxygen atoms in total. The fourth-order valence-electron chi connectivity index (χ4n) is 1.95. The van der Waals surface area contributed by atoms with Crippen LogP contribution < -0.4 is 0 Å². The molecule has 1 aliphatic rings. The molecule has 8 heteroatoms. The Morgan fingerprint density at radius 3 is 2.09 bits per heavy atom. The molecule has 0 bridgehead atoms. The van der Waals surface area contributed by atoms with Crippen LogP contribution in [0.15, 0.2) is 11.3 Å². The smallest absolute Gasteiger partial charge is 0.462 e. The predicted octanol–water partition coefficient (Wildman–Crippen LogP) is 3.84. The molecule has 0 spiro atoms. The Balaban J connectivity index is 2.75. The van der Waals surface area contributed by atoms with E-state index in [0.29, 0.717) is 0 Å². The zero-order chi connectivity index (χ0) is 18.1. The number of carbonyl (C=O) groups excluding carboxylic acids is 1. The predicted molar refractivity (Wildman–Crippen MR) is 80.7 cm³/mol. The summed E-state index contributed by atoms with van der Waals surface area (Å²) in [5.41, 5.74) is -2.11. The van der Waals surface area contributed by atoms with Crippen LogP contribution in [0.5, 0.6) is 0 Å². The van der Waals surface area contributed by atoms with Gasteiger partial charge in [-0.2, -0.15) is 8.78 Å². The molecule has 1 heterocycles. The van der Waals surface area contributed by atoms with Gasteiger partial charge in [-0.15, -0.1) is 0 Å². The highest BCUT2D eigenvalue weighted by Crippen LogP contribution is 2.39. The maximum absolute atomic E-state index is 14.4. The number of carbonyl (C=O) groups is 1. The summed E-state index contributed by atoms with van der Waals surface area (Å²) in [4.78, 5) is 11.1. The van der Waals surface area contributed by atoms with E-state index in [0.717, 1.165) is 0 Å². The molecule has 0 atom stereocenters. The zero-order valence-corrected chi connectivity index (χ0v) is 14.5. The van der Waals surface area contributed by atoms with Crippen molar-refractivity contribution in [3.63, 3.8) is 0 Å². The normalized spacial score (nSPS) is 21.2. The second-order valence-electron chi connectivity index (χ2n) is 6.64. The van der Waals surface area contributed by atoms with Crippen molar-refractivity contribution in [2.45, 2.75) is 71.5 Å². The van der Waals surface area contributed by atoms with Crippen LogP contribution >= 0.6 is 0 Å². The van der Waals surface area contributed by atoms with E-state index in [1.54, 1.807) is 27.7 Å². The number of hydrogen-bond donors (Lipinski definition) is 0. The van der Waals surface area contributed by atoms with Crippen LogP contribution in [-0.2, 0) is 18.8 Å². The van der Waals surface area contributed by atoms with E-state index in [4.69, 9.17) is 9.31 Å². The van der Waals surface area contributed by atoms with E-state index < -0.39 is 42.4 Å². The molecule has 0 aliphatic carbocycles. The first kappa shape index (κ1) is 20.0. The topological polar surface area (TPSA) is 44.8 Å². The average molecular weight is 336 g/mol. The minimum atomic E-state index is -3.65. The molecule has 1 fully saturated rings. The highest BCUT2D eigenvalue weighted by molar-refractivity contribution is 6.53. The number of hydrogen-bond acceptors (Lipinski definition) is 4. The summed E-state index contributed by atoms with van der Waals surface area (Å²) >= 11 is 0. The number of halogens is 3. The molecular formula is C15H24BF3O4. The van der Waals surface area contributed by atoms with Crippen LogP contribution in [0.25, 0.3) is 0 Å². The minimum Gasteiger partial charge on any atom is -0.462 e. The Morgan fingerprint density at radius 2 is 1.65 bits per heavy atom. The first-order valence-corrected chi connectivity index (χ1v) is 7.60. The van der Waals surface area contributed by atoms with Gasteiger partial charge in [0, 0.05) is 6.42 Å². The maximum atomic E-state index is 14.4. The Bertz CT molecular complexity index is 473. The molecular weight excluding hydrogens is 312 g/mol. The van der Waals surface area contributed by atoms with E-state index in [1.165, 1.54) is 13.8 Å². The van der Waals surface area contributed by atoms with Gasteiger partial charge in [-0.05, 0) is 53.5 Å². The molecule has 0 saturated carbocycles. The summed E-state index contributed by atoms with van der Waals surface area (Å²) in [5, 5.41) is 0. The van der Waals surface area contributed by atoms with Crippen LogP contribution in [0, 0.1) is 0 Å². The van der Waals surface area contributed by atoms with Gasteiger partial charge in [0.05, 0.1) is 17.8 Å². The van der Waals surface area contributed by atoms with Crippen LogP contribution in [0.4, 0.5) is 13.2 Å². The molecule has 1 saturated heterocycles. The third-order valence-corrected chi connectivity index (χ3v) is 4.26. The molecule has 23 heavy (non-hydrogen) atoms. The number of alkyl halides is 2. The number of allylic oxidation sites excluding steroid dienone is 1. The quantitative estimate of drug-likeness (QED) is 0.546. The first-order valence-electron chi connectivity index (χ1n) is 7.60. The standard InChI is InChI=1S/C15H24BF3O4/c1-7-21-12(20)15(18,19)9-8-10(2)11(17)16-22-13(3,4)14(5,6)23-16/h7-9H2,1-6H3. The van der Waals surface area contributed by atoms with Gasteiger partial charge in [-0.1, -0.05) is 0 Å². The van der Waals surface area contributed by atoms with Gasteiger partial charge in [0.1, 0.15) is 5.73 Å². The lowest BCUT2D eigenvalue weighted by molar-refractivity contribution is -0.172.